The number of rotatable bonds is 6. The molecule has 1 fully saturated rings. The minimum atomic E-state index is -0.421. The van der Waals surface area contributed by atoms with Crippen LogP contribution in [0.3, 0.4) is 0 Å². The minimum absolute atomic E-state index is 0.00590. The molecule has 1 aliphatic rings. The van der Waals surface area contributed by atoms with Crippen LogP contribution in [0.25, 0.3) is 0 Å². The molecule has 2 aromatic rings. The Labute approximate surface area is 159 Å². The Hall–Kier alpha value is -2.60. The van der Waals surface area contributed by atoms with Gasteiger partial charge in [0.2, 0.25) is 0 Å². The molecule has 0 radical (unpaired) electrons. The van der Waals surface area contributed by atoms with Crippen molar-refractivity contribution in [3.8, 4) is 0 Å². The van der Waals surface area contributed by atoms with Crippen molar-refractivity contribution in [2.75, 3.05) is 37.9 Å². The van der Waals surface area contributed by atoms with Gasteiger partial charge in [0.1, 0.15) is 5.82 Å². The van der Waals surface area contributed by atoms with Gasteiger partial charge in [0, 0.05) is 50.7 Å². The fourth-order valence-electron chi connectivity index (χ4n) is 3.43. The predicted molar refractivity (Wildman–Crippen MR) is 105 cm³/mol. The molecule has 1 saturated heterocycles. The lowest BCUT2D eigenvalue weighted by Crippen LogP contribution is -2.37. The Morgan fingerprint density at radius 1 is 1.26 bits per heavy atom. The van der Waals surface area contributed by atoms with Gasteiger partial charge in [-0.05, 0) is 54.8 Å². The second kappa shape index (κ2) is 8.39. The molecule has 2 aromatic carbocycles. The van der Waals surface area contributed by atoms with E-state index in [2.05, 4.69) is 0 Å². The van der Waals surface area contributed by atoms with E-state index in [-0.39, 0.29) is 12.0 Å². The van der Waals surface area contributed by atoms with Gasteiger partial charge in [-0.1, -0.05) is 6.07 Å². The Bertz CT molecular complexity index is 804. The second-order valence-electron chi connectivity index (χ2n) is 7.11. The molecule has 0 saturated carbocycles. The smallest absolute Gasteiger partial charge is 0.254 e. The number of carbonyl (C=O) groups excluding carboxylic acids is 1. The minimum Gasteiger partial charge on any atom is -0.399 e. The number of ether oxygens (including phenoxy) is 1. The van der Waals surface area contributed by atoms with Gasteiger partial charge in [-0.2, -0.15) is 0 Å². The van der Waals surface area contributed by atoms with Crippen LogP contribution in [0.1, 0.15) is 28.8 Å². The van der Waals surface area contributed by atoms with E-state index < -0.39 is 5.82 Å². The second-order valence-corrected chi connectivity index (χ2v) is 7.11. The molecule has 0 aliphatic carbocycles. The highest BCUT2D eigenvalue weighted by molar-refractivity contribution is 5.94. The third-order valence-electron chi connectivity index (χ3n) is 4.75. The van der Waals surface area contributed by atoms with Crippen LogP contribution in [0.4, 0.5) is 15.8 Å². The molecule has 2 N–H and O–H groups in total. The molecular weight excluding hydrogens is 345 g/mol. The molecule has 144 valence electrons. The molecule has 3 rings (SSSR count). The Kier molecular flexibility index (Phi) is 5.96. The topological polar surface area (TPSA) is 58.8 Å². The molecule has 1 heterocycles. The number of benzene rings is 2. The van der Waals surface area contributed by atoms with Crippen LogP contribution in [0.5, 0.6) is 0 Å². The maximum Gasteiger partial charge on any atom is 0.254 e. The van der Waals surface area contributed by atoms with Crippen LogP contribution in [0, 0.1) is 5.82 Å². The molecule has 0 bridgehead atoms. The maximum atomic E-state index is 13.6. The molecule has 5 nitrogen and oxygen atoms in total. The quantitative estimate of drug-likeness (QED) is 0.792. The number of nitrogens with two attached hydrogens (primary N) is 1. The molecule has 6 heteroatoms. The van der Waals surface area contributed by atoms with E-state index in [9.17, 15) is 9.18 Å². The standard InChI is InChI=1S/C21H26FN3O2/c1-24(2)20-9-8-18(23)12-16(20)13-25(14-19-7-4-10-27-19)21(26)15-5-3-6-17(22)11-15/h3,5-6,8-9,11-12,19H,4,7,10,13-14,23H2,1-2H3/t19-/m1/s1. The van der Waals surface area contributed by atoms with E-state index in [4.69, 9.17) is 10.5 Å². The lowest BCUT2D eigenvalue weighted by Gasteiger charge is -2.28. The summed E-state index contributed by atoms with van der Waals surface area (Å²) in [7, 11) is 3.90. The molecule has 27 heavy (non-hydrogen) atoms. The average Bonchev–Trinajstić information content (AvgIpc) is 3.13. The van der Waals surface area contributed by atoms with Crippen molar-refractivity contribution in [2.45, 2.75) is 25.5 Å². The molecule has 1 amide bonds. The largest absolute Gasteiger partial charge is 0.399 e. The van der Waals surface area contributed by atoms with Crippen molar-refractivity contribution in [2.24, 2.45) is 0 Å². The van der Waals surface area contributed by atoms with E-state index in [1.807, 2.05) is 37.2 Å². The third kappa shape index (κ3) is 4.77. The van der Waals surface area contributed by atoms with Gasteiger partial charge in [0.15, 0.2) is 0 Å². The summed E-state index contributed by atoms with van der Waals surface area (Å²) in [5, 5.41) is 0. The first-order valence-corrected chi connectivity index (χ1v) is 9.16. The van der Waals surface area contributed by atoms with Crippen LogP contribution in [-0.2, 0) is 11.3 Å². The van der Waals surface area contributed by atoms with E-state index in [1.54, 1.807) is 17.0 Å². The summed E-state index contributed by atoms with van der Waals surface area (Å²) in [6.07, 6.45) is 1.92. The normalized spacial score (nSPS) is 16.3. The van der Waals surface area contributed by atoms with Gasteiger partial charge < -0.3 is 20.3 Å². The highest BCUT2D eigenvalue weighted by Crippen LogP contribution is 2.25. The van der Waals surface area contributed by atoms with E-state index in [0.717, 1.165) is 24.1 Å². The number of carbonyl (C=O) groups is 1. The van der Waals surface area contributed by atoms with Gasteiger partial charge in [-0.15, -0.1) is 0 Å². The molecule has 0 spiro atoms. The SMILES string of the molecule is CN(C)c1ccc(N)cc1CN(C[C@H]1CCCO1)C(=O)c1cccc(F)c1. The van der Waals surface area contributed by atoms with E-state index >= 15 is 0 Å². The number of amides is 1. The summed E-state index contributed by atoms with van der Waals surface area (Å²) in [6, 6.07) is 11.5. The fraction of sp³-hybridized carbons (Fsp3) is 0.381. The van der Waals surface area contributed by atoms with Crippen LogP contribution >= 0.6 is 0 Å². The lowest BCUT2D eigenvalue weighted by atomic mass is 10.1. The van der Waals surface area contributed by atoms with Crippen molar-refractivity contribution >= 4 is 17.3 Å². The van der Waals surface area contributed by atoms with Gasteiger partial charge in [0.05, 0.1) is 6.10 Å². The first-order chi connectivity index (χ1) is 12.9. The molecule has 1 atom stereocenters. The zero-order chi connectivity index (χ0) is 19.4. The van der Waals surface area contributed by atoms with Crippen molar-refractivity contribution in [1.29, 1.82) is 0 Å². The summed E-state index contributed by atoms with van der Waals surface area (Å²) in [6.45, 7) is 1.57. The zero-order valence-electron chi connectivity index (χ0n) is 15.8. The number of hydrogen-bond acceptors (Lipinski definition) is 4. The van der Waals surface area contributed by atoms with Crippen molar-refractivity contribution < 1.29 is 13.9 Å². The van der Waals surface area contributed by atoms with Crippen molar-refractivity contribution in [3.63, 3.8) is 0 Å². The summed E-state index contributed by atoms with van der Waals surface area (Å²) < 4.78 is 19.4. The van der Waals surface area contributed by atoms with Crippen LogP contribution < -0.4 is 10.6 Å². The Balaban J connectivity index is 1.90. The first-order valence-electron chi connectivity index (χ1n) is 9.16. The van der Waals surface area contributed by atoms with Crippen LogP contribution in [-0.4, -0.2) is 44.2 Å². The molecule has 1 aliphatic heterocycles. The van der Waals surface area contributed by atoms with Gasteiger partial charge in [-0.3, -0.25) is 4.79 Å². The Morgan fingerprint density at radius 2 is 2.07 bits per heavy atom. The maximum absolute atomic E-state index is 13.6. The van der Waals surface area contributed by atoms with Gasteiger partial charge in [0.25, 0.3) is 5.91 Å². The third-order valence-corrected chi connectivity index (χ3v) is 4.75. The number of nitrogen functional groups attached to an aromatic ring is 1. The number of anilines is 2. The highest BCUT2D eigenvalue weighted by atomic mass is 19.1. The van der Waals surface area contributed by atoms with Crippen molar-refractivity contribution in [3.05, 3.63) is 59.4 Å². The lowest BCUT2D eigenvalue weighted by molar-refractivity contribution is 0.0507. The number of hydrogen-bond donors (Lipinski definition) is 1. The summed E-state index contributed by atoms with van der Waals surface area (Å²) in [5.74, 6) is -0.631. The number of halogens is 1. The monoisotopic (exact) mass is 371 g/mol. The summed E-state index contributed by atoms with van der Waals surface area (Å²) in [5.41, 5.74) is 8.90. The van der Waals surface area contributed by atoms with Crippen LogP contribution in [0.15, 0.2) is 42.5 Å². The molecule has 0 aromatic heterocycles. The van der Waals surface area contributed by atoms with Gasteiger partial charge >= 0.3 is 0 Å². The zero-order valence-corrected chi connectivity index (χ0v) is 15.8. The average molecular weight is 371 g/mol. The van der Waals surface area contributed by atoms with Crippen molar-refractivity contribution in [1.82, 2.24) is 4.90 Å². The fourth-order valence-corrected chi connectivity index (χ4v) is 3.43. The molecular formula is C21H26FN3O2. The van der Waals surface area contributed by atoms with E-state index in [0.29, 0.717) is 30.9 Å². The van der Waals surface area contributed by atoms with Crippen LogP contribution in [0.2, 0.25) is 0 Å². The first kappa shape index (κ1) is 19.2. The highest BCUT2D eigenvalue weighted by Gasteiger charge is 2.25. The Morgan fingerprint density at radius 3 is 2.74 bits per heavy atom. The number of nitrogens with zero attached hydrogens (tertiary/aromatic N) is 2. The summed E-state index contributed by atoms with van der Waals surface area (Å²) >= 11 is 0. The van der Waals surface area contributed by atoms with Gasteiger partial charge in [-0.25, -0.2) is 4.39 Å². The molecule has 0 unspecified atom stereocenters. The predicted octanol–water partition coefficient (Wildman–Crippen LogP) is 3.30. The van der Waals surface area contributed by atoms with E-state index in [1.165, 1.54) is 12.1 Å². The summed E-state index contributed by atoms with van der Waals surface area (Å²) in [4.78, 5) is 16.8.